The van der Waals surface area contributed by atoms with Gasteiger partial charge in [-0.25, -0.2) is 9.97 Å². The number of anilines is 2. The summed E-state index contributed by atoms with van der Waals surface area (Å²) in [5.41, 5.74) is 0. The molecule has 1 aromatic rings. The number of hydrogen-bond donors (Lipinski definition) is 2. The minimum Gasteiger partial charge on any atom is -0.370 e. The van der Waals surface area contributed by atoms with Crippen molar-refractivity contribution in [2.24, 2.45) is 0 Å². The van der Waals surface area contributed by atoms with E-state index in [9.17, 15) is 4.79 Å². The lowest BCUT2D eigenvalue weighted by Gasteiger charge is -2.18. The summed E-state index contributed by atoms with van der Waals surface area (Å²) in [6.07, 6.45) is 0. The number of hydrogen-bond acceptors (Lipinski definition) is 5. The van der Waals surface area contributed by atoms with E-state index in [1.165, 1.54) is 0 Å². The average Bonchev–Trinajstić information content (AvgIpc) is 2.28. The van der Waals surface area contributed by atoms with Gasteiger partial charge < -0.3 is 15.5 Å². The third kappa shape index (κ3) is 3.90. The number of nitrogens with zero attached hydrogens (tertiary/aromatic N) is 3. The molecule has 0 aliphatic heterocycles. The van der Waals surface area contributed by atoms with Gasteiger partial charge in [0, 0.05) is 26.7 Å². The van der Waals surface area contributed by atoms with Crippen molar-refractivity contribution in [2.45, 2.75) is 13.8 Å². The Bertz CT molecular complexity index is 393. The summed E-state index contributed by atoms with van der Waals surface area (Å²) in [6.45, 7) is 4.91. The number of rotatable bonds is 5. The molecule has 0 aliphatic carbocycles. The number of carbonyl (C=O) groups excluding carboxylic acids is 1. The fourth-order valence-corrected chi connectivity index (χ4v) is 1.39. The van der Waals surface area contributed by atoms with Crippen LogP contribution in [0.2, 0.25) is 0 Å². The van der Waals surface area contributed by atoms with Crippen LogP contribution in [0.25, 0.3) is 0 Å². The summed E-state index contributed by atoms with van der Waals surface area (Å²) in [4.78, 5) is 21.6. The number of carbonyl (C=O) groups is 1. The number of aromatic nitrogens is 2. The van der Waals surface area contributed by atoms with Crippen LogP contribution >= 0.6 is 0 Å². The zero-order valence-electron chi connectivity index (χ0n) is 10.7. The third-order valence-electron chi connectivity index (χ3n) is 2.23. The van der Waals surface area contributed by atoms with Gasteiger partial charge >= 0.3 is 0 Å². The minimum atomic E-state index is -0.0474. The van der Waals surface area contributed by atoms with E-state index < -0.39 is 0 Å². The van der Waals surface area contributed by atoms with Gasteiger partial charge in [0.15, 0.2) is 0 Å². The summed E-state index contributed by atoms with van der Waals surface area (Å²) in [6, 6.07) is 1.83. The first-order valence-corrected chi connectivity index (χ1v) is 5.58. The molecule has 0 spiro atoms. The second kappa shape index (κ2) is 6.03. The summed E-state index contributed by atoms with van der Waals surface area (Å²) >= 11 is 0. The number of nitrogens with one attached hydrogen (secondary N) is 2. The van der Waals surface area contributed by atoms with Crippen LogP contribution in [0.5, 0.6) is 0 Å². The van der Waals surface area contributed by atoms with Crippen LogP contribution in [0.15, 0.2) is 6.07 Å². The van der Waals surface area contributed by atoms with Crippen LogP contribution in [0.1, 0.15) is 12.7 Å². The Morgan fingerprint density at radius 1 is 1.47 bits per heavy atom. The first-order chi connectivity index (χ1) is 8.06. The maximum atomic E-state index is 11.3. The topological polar surface area (TPSA) is 70.2 Å². The Balaban J connectivity index is 2.85. The summed E-state index contributed by atoms with van der Waals surface area (Å²) in [5, 5.41) is 5.71. The van der Waals surface area contributed by atoms with Gasteiger partial charge in [-0.2, -0.15) is 0 Å². The van der Waals surface area contributed by atoms with E-state index in [0.717, 1.165) is 18.2 Å². The molecule has 0 saturated heterocycles. The fraction of sp³-hybridized carbons (Fsp3) is 0.545. The molecule has 0 atom stereocenters. The van der Waals surface area contributed by atoms with Crippen molar-refractivity contribution in [3.05, 3.63) is 11.9 Å². The Hall–Kier alpha value is -1.85. The van der Waals surface area contributed by atoms with E-state index in [1.807, 2.05) is 27.0 Å². The number of likely N-dealkylation sites (N-methyl/N-ethyl adjacent to an activating group) is 2. The predicted octanol–water partition coefficient (Wildman–Crippen LogP) is 0.399. The smallest absolute Gasteiger partial charge is 0.239 e. The molecule has 2 N–H and O–H groups in total. The second-order valence-electron chi connectivity index (χ2n) is 3.72. The fourth-order valence-electron chi connectivity index (χ4n) is 1.39. The lowest BCUT2D eigenvalue weighted by molar-refractivity contribution is -0.119. The van der Waals surface area contributed by atoms with E-state index in [-0.39, 0.29) is 12.5 Å². The molecule has 0 fully saturated rings. The van der Waals surface area contributed by atoms with Gasteiger partial charge in [0.25, 0.3) is 0 Å². The third-order valence-corrected chi connectivity index (χ3v) is 2.23. The maximum Gasteiger partial charge on any atom is 0.239 e. The van der Waals surface area contributed by atoms with Gasteiger partial charge in [0.1, 0.15) is 17.5 Å². The van der Waals surface area contributed by atoms with Crippen molar-refractivity contribution >= 4 is 17.5 Å². The molecule has 1 rings (SSSR count). The lowest BCUT2D eigenvalue weighted by atomic mass is 10.4. The molecular formula is C11H19N5O. The van der Waals surface area contributed by atoms with Crippen molar-refractivity contribution in [3.63, 3.8) is 0 Å². The highest BCUT2D eigenvalue weighted by molar-refractivity contribution is 5.80. The van der Waals surface area contributed by atoms with Crippen molar-refractivity contribution in [3.8, 4) is 0 Å². The largest absolute Gasteiger partial charge is 0.370 e. The molecule has 1 amide bonds. The lowest BCUT2D eigenvalue weighted by Crippen LogP contribution is -2.33. The summed E-state index contributed by atoms with van der Waals surface area (Å²) < 4.78 is 0. The molecule has 0 aliphatic rings. The Morgan fingerprint density at radius 2 is 2.18 bits per heavy atom. The first kappa shape index (κ1) is 13.2. The van der Waals surface area contributed by atoms with E-state index in [2.05, 4.69) is 20.6 Å². The van der Waals surface area contributed by atoms with Crippen LogP contribution in [-0.4, -0.2) is 43.1 Å². The Kier molecular flexibility index (Phi) is 4.68. The molecule has 17 heavy (non-hydrogen) atoms. The number of amides is 1. The highest BCUT2D eigenvalue weighted by Crippen LogP contribution is 2.14. The average molecular weight is 237 g/mol. The SMILES string of the molecule is CCNc1cc(N(C)CC(=O)NC)nc(C)n1. The van der Waals surface area contributed by atoms with Crippen LogP contribution in [0, 0.1) is 6.92 Å². The zero-order chi connectivity index (χ0) is 12.8. The molecular weight excluding hydrogens is 218 g/mol. The van der Waals surface area contributed by atoms with Crippen LogP contribution < -0.4 is 15.5 Å². The van der Waals surface area contributed by atoms with Crippen LogP contribution in [-0.2, 0) is 4.79 Å². The van der Waals surface area contributed by atoms with Gasteiger partial charge in [-0.1, -0.05) is 0 Å². The summed E-state index contributed by atoms with van der Waals surface area (Å²) in [7, 11) is 3.44. The normalized spacial score (nSPS) is 9.88. The molecule has 0 unspecified atom stereocenters. The monoisotopic (exact) mass is 237 g/mol. The quantitative estimate of drug-likeness (QED) is 0.775. The zero-order valence-corrected chi connectivity index (χ0v) is 10.7. The molecule has 94 valence electrons. The molecule has 0 radical (unpaired) electrons. The molecule has 6 nitrogen and oxygen atoms in total. The maximum absolute atomic E-state index is 11.3. The van der Waals surface area contributed by atoms with Gasteiger partial charge in [-0.15, -0.1) is 0 Å². The van der Waals surface area contributed by atoms with Gasteiger partial charge in [0.05, 0.1) is 6.54 Å². The molecule has 0 saturated carbocycles. The van der Waals surface area contributed by atoms with E-state index in [4.69, 9.17) is 0 Å². The Morgan fingerprint density at radius 3 is 2.76 bits per heavy atom. The molecule has 0 bridgehead atoms. The standard InChI is InChI=1S/C11H19N5O/c1-5-13-9-6-10(15-8(2)14-9)16(4)7-11(17)12-3/h6H,5,7H2,1-4H3,(H,12,17)(H,13,14,15). The molecule has 6 heteroatoms. The van der Waals surface area contributed by atoms with Crippen molar-refractivity contribution in [2.75, 3.05) is 37.4 Å². The van der Waals surface area contributed by atoms with Gasteiger partial charge in [-0.05, 0) is 13.8 Å². The Labute approximate surface area is 101 Å². The predicted molar refractivity (Wildman–Crippen MR) is 68.3 cm³/mol. The van der Waals surface area contributed by atoms with Crippen molar-refractivity contribution in [1.82, 2.24) is 15.3 Å². The van der Waals surface area contributed by atoms with E-state index >= 15 is 0 Å². The van der Waals surface area contributed by atoms with Crippen molar-refractivity contribution < 1.29 is 4.79 Å². The number of aryl methyl sites for hydroxylation is 1. The molecule has 1 heterocycles. The first-order valence-electron chi connectivity index (χ1n) is 5.58. The van der Waals surface area contributed by atoms with Crippen molar-refractivity contribution in [1.29, 1.82) is 0 Å². The van der Waals surface area contributed by atoms with E-state index in [0.29, 0.717) is 5.82 Å². The highest BCUT2D eigenvalue weighted by Gasteiger charge is 2.09. The van der Waals surface area contributed by atoms with E-state index in [1.54, 1.807) is 11.9 Å². The molecule has 1 aromatic heterocycles. The van der Waals surface area contributed by atoms with Gasteiger partial charge in [0.2, 0.25) is 5.91 Å². The molecule has 0 aromatic carbocycles. The highest BCUT2D eigenvalue weighted by atomic mass is 16.1. The van der Waals surface area contributed by atoms with Gasteiger partial charge in [-0.3, -0.25) is 4.79 Å². The summed E-state index contributed by atoms with van der Waals surface area (Å²) in [5.74, 6) is 2.15. The van der Waals surface area contributed by atoms with Crippen LogP contribution in [0.4, 0.5) is 11.6 Å². The second-order valence-corrected chi connectivity index (χ2v) is 3.72. The van der Waals surface area contributed by atoms with Crippen LogP contribution in [0.3, 0.4) is 0 Å². The minimum absolute atomic E-state index is 0.0474.